The number of rotatable bonds is 2. The van der Waals surface area contributed by atoms with Gasteiger partial charge in [0.2, 0.25) is 5.91 Å². The molecule has 5 nitrogen and oxygen atoms in total. The second-order valence-electron chi connectivity index (χ2n) is 4.18. The predicted octanol–water partition coefficient (Wildman–Crippen LogP) is 0.426. The van der Waals surface area contributed by atoms with Gasteiger partial charge in [0.05, 0.1) is 5.69 Å². The van der Waals surface area contributed by atoms with Gasteiger partial charge in [-0.15, -0.1) is 0 Å². The Morgan fingerprint density at radius 2 is 2.38 bits per heavy atom. The summed E-state index contributed by atoms with van der Waals surface area (Å²) in [5.41, 5.74) is 12.9. The van der Waals surface area contributed by atoms with Crippen molar-refractivity contribution in [3.63, 3.8) is 0 Å². The first-order chi connectivity index (χ1) is 7.59. The molecule has 0 radical (unpaired) electrons. The molecule has 1 aliphatic rings. The van der Waals surface area contributed by atoms with Crippen LogP contribution in [0.5, 0.6) is 0 Å². The lowest BCUT2D eigenvalue weighted by Crippen LogP contribution is -2.41. The molecule has 2 heterocycles. The first-order valence-electron chi connectivity index (χ1n) is 5.37. The molecule has 4 N–H and O–H groups in total. The quantitative estimate of drug-likeness (QED) is 0.756. The third-order valence-corrected chi connectivity index (χ3v) is 2.89. The number of carbonyl (C=O) groups excluding carboxylic acids is 1. The van der Waals surface area contributed by atoms with E-state index < -0.39 is 0 Å². The van der Waals surface area contributed by atoms with Gasteiger partial charge in [0.25, 0.3) is 0 Å². The summed E-state index contributed by atoms with van der Waals surface area (Å²) in [4.78, 5) is 17.5. The number of carbonyl (C=O) groups is 1. The molecule has 1 unspecified atom stereocenters. The van der Waals surface area contributed by atoms with Crippen molar-refractivity contribution >= 4 is 17.4 Å². The van der Waals surface area contributed by atoms with Crippen LogP contribution < -0.4 is 16.4 Å². The number of aromatic nitrogens is 1. The van der Waals surface area contributed by atoms with Crippen LogP contribution in [0.1, 0.15) is 18.4 Å². The molecule has 1 saturated heterocycles. The van der Waals surface area contributed by atoms with Gasteiger partial charge in [-0.3, -0.25) is 4.79 Å². The molecule has 1 fully saturated rings. The van der Waals surface area contributed by atoms with E-state index in [1.54, 1.807) is 6.20 Å². The second kappa shape index (κ2) is 4.00. The van der Waals surface area contributed by atoms with Crippen molar-refractivity contribution in [2.45, 2.75) is 25.8 Å². The Morgan fingerprint density at radius 1 is 1.62 bits per heavy atom. The Morgan fingerprint density at radius 3 is 3.00 bits per heavy atom. The maximum atomic E-state index is 11.3. The van der Waals surface area contributed by atoms with Crippen LogP contribution in [-0.4, -0.2) is 23.5 Å². The summed E-state index contributed by atoms with van der Waals surface area (Å²) in [6, 6.07) is 1.59. The van der Waals surface area contributed by atoms with Crippen molar-refractivity contribution in [3.8, 4) is 0 Å². The number of nitrogens with zero attached hydrogens (tertiary/aromatic N) is 2. The minimum absolute atomic E-state index is 0.266. The fourth-order valence-electron chi connectivity index (χ4n) is 2.14. The molecule has 16 heavy (non-hydrogen) atoms. The SMILES string of the molecule is Cc1cnc(N2CCCC2C(N)=O)c(N)c1. The number of aryl methyl sites for hydroxylation is 1. The van der Waals surface area contributed by atoms with Gasteiger partial charge < -0.3 is 16.4 Å². The van der Waals surface area contributed by atoms with Gasteiger partial charge in [-0.1, -0.05) is 0 Å². The number of pyridine rings is 1. The molecule has 1 atom stereocenters. The fourth-order valence-corrected chi connectivity index (χ4v) is 2.14. The molecule has 5 heteroatoms. The van der Waals surface area contributed by atoms with E-state index in [2.05, 4.69) is 4.98 Å². The summed E-state index contributed by atoms with van der Waals surface area (Å²) in [5, 5.41) is 0. The third kappa shape index (κ3) is 1.80. The highest BCUT2D eigenvalue weighted by molar-refractivity contribution is 5.85. The molecule has 0 aromatic carbocycles. The molecule has 86 valence electrons. The van der Waals surface area contributed by atoms with E-state index in [4.69, 9.17) is 11.5 Å². The molecule has 0 spiro atoms. The normalized spacial score (nSPS) is 20.1. The van der Waals surface area contributed by atoms with E-state index in [0.29, 0.717) is 11.5 Å². The molecular formula is C11H16N4O. The third-order valence-electron chi connectivity index (χ3n) is 2.89. The van der Waals surface area contributed by atoms with E-state index in [0.717, 1.165) is 24.9 Å². The van der Waals surface area contributed by atoms with Crippen LogP contribution in [0, 0.1) is 6.92 Å². The summed E-state index contributed by atoms with van der Waals surface area (Å²) < 4.78 is 0. The van der Waals surface area contributed by atoms with E-state index in [1.165, 1.54) is 0 Å². The highest BCUT2D eigenvalue weighted by Gasteiger charge is 2.30. The van der Waals surface area contributed by atoms with E-state index >= 15 is 0 Å². The van der Waals surface area contributed by atoms with E-state index in [1.807, 2.05) is 17.9 Å². The Labute approximate surface area is 94.4 Å². The number of primary amides is 1. The lowest BCUT2D eigenvalue weighted by Gasteiger charge is -2.24. The minimum Gasteiger partial charge on any atom is -0.396 e. The monoisotopic (exact) mass is 220 g/mol. The highest BCUT2D eigenvalue weighted by Crippen LogP contribution is 2.28. The van der Waals surface area contributed by atoms with Gasteiger partial charge in [0, 0.05) is 12.7 Å². The molecule has 1 aromatic rings. The van der Waals surface area contributed by atoms with E-state index in [-0.39, 0.29) is 11.9 Å². The summed E-state index contributed by atoms with van der Waals surface area (Å²) >= 11 is 0. The highest BCUT2D eigenvalue weighted by atomic mass is 16.1. The largest absolute Gasteiger partial charge is 0.396 e. The first-order valence-corrected chi connectivity index (χ1v) is 5.37. The molecule has 1 aliphatic heterocycles. The van der Waals surface area contributed by atoms with Crippen LogP contribution in [0.25, 0.3) is 0 Å². The Balaban J connectivity index is 2.32. The fraction of sp³-hybridized carbons (Fsp3) is 0.455. The summed E-state index contributed by atoms with van der Waals surface area (Å²) in [7, 11) is 0. The lowest BCUT2D eigenvalue weighted by molar-refractivity contribution is -0.119. The zero-order valence-electron chi connectivity index (χ0n) is 9.31. The molecule has 0 bridgehead atoms. The zero-order valence-corrected chi connectivity index (χ0v) is 9.31. The van der Waals surface area contributed by atoms with Crippen LogP contribution in [-0.2, 0) is 4.79 Å². The molecular weight excluding hydrogens is 204 g/mol. The number of nitrogens with two attached hydrogens (primary N) is 2. The van der Waals surface area contributed by atoms with Crippen molar-refractivity contribution in [2.24, 2.45) is 5.73 Å². The van der Waals surface area contributed by atoms with Crippen LogP contribution in [0.2, 0.25) is 0 Å². The summed E-state index contributed by atoms with van der Waals surface area (Å²) in [6.07, 6.45) is 3.48. The zero-order chi connectivity index (χ0) is 11.7. The van der Waals surface area contributed by atoms with Gasteiger partial charge in [-0.25, -0.2) is 4.98 Å². The molecule has 2 rings (SSSR count). The Hall–Kier alpha value is -1.78. The smallest absolute Gasteiger partial charge is 0.240 e. The topological polar surface area (TPSA) is 85.2 Å². The van der Waals surface area contributed by atoms with Crippen LogP contribution in [0.15, 0.2) is 12.3 Å². The number of hydrogen-bond donors (Lipinski definition) is 2. The first kappa shape index (κ1) is 10.7. The average molecular weight is 220 g/mol. The van der Waals surface area contributed by atoms with Crippen LogP contribution >= 0.6 is 0 Å². The number of anilines is 2. The van der Waals surface area contributed by atoms with Crippen molar-refractivity contribution in [1.82, 2.24) is 4.98 Å². The Bertz CT molecular complexity index is 418. The van der Waals surface area contributed by atoms with Crippen LogP contribution in [0.4, 0.5) is 11.5 Å². The van der Waals surface area contributed by atoms with E-state index in [9.17, 15) is 4.79 Å². The maximum absolute atomic E-state index is 11.3. The van der Waals surface area contributed by atoms with Crippen molar-refractivity contribution < 1.29 is 4.79 Å². The van der Waals surface area contributed by atoms with Crippen molar-refractivity contribution in [1.29, 1.82) is 0 Å². The van der Waals surface area contributed by atoms with Gasteiger partial charge in [-0.2, -0.15) is 0 Å². The number of amides is 1. The summed E-state index contributed by atoms with van der Waals surface area (Å²) in [6.45, 7) is 2.72. The van der Waals surface area contributed by atoms with Crippen molar-refractivity contribution in [2.75, 3.05) is 17.2 Å². The Kier molecular flexibility index (Phi) is 2.68. The van der Waals surface area contributed by atoms with Gasteiger partial charge >= 0.3 is 0 Å². The average Bonchev–Trinajstić information content (AvgIpc) is 2.66. The molecule has 1 amide bonds. The minimum atomic E-state index is -0.306. The van der Waals surface area contributed by atoms with Gasteiger partial charge in [0.1, 0.15) is 6.04 Å². The molecule has 0 saturated carbocycles. The van der Waals surface area contributed by atoms with Crippen molar-refractivity contribution in [3.05, 3.63) is 17.8 Å². The maximum Gasteiger partial charge on any atom is 0.240 e. The van der Waals surface area contributed by atoms with Gasteiger partial charge in [-0.05, 0) is 31.4 Å². The molecule has 0 aliphatic carbocycles. The molecule has 1 aromatic heterocycles. The van der Waals surface area contributed by atoms with Gasteiger partial charge in [0.15, 0.2) is 5.82 Å². The summed E-state index contributed by atoms with van der Waals surface area (Å²) in [5.74, 6) is 0.367. The number of hydrogen-bond acceptors (Lipinski definition) is 4. The van der Waals surface area contributed by atoms with Crippen LogP contribution in [0.3, 0.4) is 0 Å². The lowest BCUT2D eigenvalue weighted by atomic mass is 10.2. The number of nitrogen functional groups attached to an aromatic ring is 1. The predicted molar refractivity (Wildman–Crippen MR) is 62.9 cm³/mol. The second-order valence-corrected chi connectivity index (χ2v) is 4.18. The standard InChI is InChI=1S/C11H16N4O/c1-7-5-8(12)11(14-6-7)15-4-2-3-9(15)10(13)16/h5-6,9H,2-4,12H2,1H3,(H2,13,16).